The Balaban J connectivity index is 2.01. The lowest BCUT2D eigenvalue weighted by atomic mass is 10.1. The number of aromatic nitrogens is 2. The summed E-state index contributed by atoms with van der Waals surface area (Å²) in [5.41, 5.74) is 1.33. The molecule has 0 aliphatic heterocycles. The van der Waals surface area contributed by atoms with E-state index in [-0.39, 0.29) is 19.1 Å². The molecule has 0 saturated heterocycles. The van der Waals surface area contributed by atoms with Gasteiger partial charge < -0.3 is 15.0 Å². The number of hydrogen-bond donors (Lipinski definition) is 2. The van der Waals surface area contributed by atoms with Crippen molar-refractivity contribution in [2.45, 2.75) is 20.1 Å². The van der Waals surface area contributed by atoms with Crippen molar-refractivity contribution >= 4 is 11.6 Å². The van der Waals surface area contributed by atoms with Gasteiger partial charge in [0.15, 0.2) is 11.6 Å². The average molecular weight is 375 g/mol. The molecule has 0 atom stereocenters. The minimum atomic E-state index is -1.07. The van der Waals surface area contributed by atoms with Crippen LogP contribution in [0.15, 0.2) is 47.4 Å². The lowest BCUT2D eigenvalue weighted by Gasteiger charge is -2.16. The van der Waals surface area contributed by atoms with Crippen LogP contribution >= 0.6 is 0 Å². The summed E-state index contributed by atoms with van der Waals surface area (Å²) in [6.45, 7) is 1.60. The van der Waals surface area contributed by atoms with Crippen LogP contribution in [0.1, 0.15) is 16.7 Å². The van der Waals surface area contributed by atoms with E-state index in [0.29, 0.717) is 16.8 Å². The smallest absolute Gasteiger partial charge is 0.310 e. The molecule has 1 aromatic heterocycles. The number of aliphatic hydroxyl groups excluding tert-OH is 1. The molecule has 3 rings (SSSR count). The first-order valence-electron chi connectivity index (χ1n) is 8.05. The fourth-order valence-electron chi connectivity index (χ4n) is 2.54. The minimum absolute atomic E-state index is 0.0318. The molecule has 0 saturated carbocycles. The molecule has 1 heterocycles. The van der Waals surface area contributed by atoms with Crippen molar-refractivity contribution < 1.29 is 18.3 Å². The Kier molecular flexibility index (Phi) is 5.27. The van der Waals surface area contributed by atoms with Gasteiger partial charge in [-0.25, -0.2) is 8.78 Å². The zero-order chi connectivity index (χ0) is 19.6. The molecule has 2 N–H and O–H groups in total. The van der Waals surface area contributed by atoms with Crippen molar-refractivity contribution in [3.8, 4) is 0 Å². The Bertz CT molecular complexity index is 1050. The number of benzene rings is 2. The zero-order valence-corrected chi connectivity index (χ0v) is 14.3. The molecule has 27 heavy (non-hydrogen) atoms. The van der Waals surface area contributed by atoms with Gasteiger partial charge in [0.25, 0.3) is 0 Å². The van der Waals surface area contributed by atoms with Crippen molar-refractivity contribution in [3.05, 3.63) is 87.1 Å². The van der Waals surface area contributed by atoms with Crippen molar-refractivity contribution in [1.82, 2.24) is 9.55 Å². The summed E-state index contributed by atoms with van der Waals surface area (Å²) < 4.78 is 41.6. The summed E-state index contributed by atoms with van der Waals surface area (Å²) in [7, 11) is 0. The summed E-state index contributed by atoms with van der Waals surface area (Å²) in [5.74, 6) is -3.05. The Hall–Kier alpha value is -3.13. The number of rotatable bonds is 5. The average Bonchev–Trinajstić information content (AvgIpc) is 2.64. The zero-order valence-electron chi connectivity index (χ0n) is 14.3. The number of aliphatic hydroxyl groups is 1. The summed E-state index contributed by atoms with van der Waals surface area (Å²) >= 11 is 0. The van der Waals surface area contributed by atoms with Crippen LogP contribution in [-0.4, -0.2) is 14.7 Å². The third-order valence-corrected chi connectivity index (χ3v) is 4.02. The molecule has 8 heteroatoms. The molecule has 5 nitrogen and oxygen atoms in total. The van der Waals surface area contributed by atoms with Gasteiger partial charge in [-0.1, -0.05) is 18.2 Å². The first-order chi connectivity index (χ1) is 12.9. The van der Waals surface area contributed by atoms with Crippen molar-refractivity contribution in [2.24, 2.45) is 0 Å². The number of anilines is 2. The van der Waals surface area contributed by atoms with E-state index in [1.807, 2.05) is 6.92 Å². The second kappa shape index (κ2) is 7.63. The SMILES string of the molecule is Cc1ccc(CO)cc1Nc1nc(=O)c(F)cn1Cc1ccc(F)c(F)c1. The Labute approximate surface area is 152 Å². The van der Waals surface area contributed by atoms with Gasteiger partial charge in [-0.2, -0.15) is 9.37 Å². The monoisotopic (exact) mass is 375 g/mol. The van der Waals surface area contributed by atoms with Crippen LogP contribution in [0, 0.1) is 24.4 Å². The second-order valence-corrected chi connectivity index (χ2v) is 6.03. The van der Waals surface area contributed by atoms with Gasteiger partial charge in [0.1, 0.15) is 0 Å². The maximum Gasteiger partial charge on any atom is 0.310 e. The molecule has 0 aliphatic carbocycles. The predicted octanol–water partition coefficient (Wildman–Crippen LogP) is 3.25. The van der Waals surface area contributed by atoms with E-state index in [2.05, 4.69) is 10.3 Å². The van der Waals surface area contributed by atoms with Crippen LogP contribution in [0.2, 0.25) is 0 Å². The fraction of sp³-hybridized carbons (Fsp3) is 0.158. The predicted molar refractivity (Wildman–Crippen MR) is 94.3 cm³/mol. The highest BCUT2D eigenvalue weighted by atomic mass is 19.2. The molecule has 140 valence electrons. The number of hydrogen-bond acceptors (Lipinski definition) is 4. The van der Waals surface area contributed by atoms with E-state index >= 15 is 0 Å². The lowest BCUT2D eigenvalue weighted by molar-refractivity contribution is 0.282. The summed E-state index contributed by atoms with van der Waals surface area (Å²) in [6.07, 6.45) is 0.949. The number of halogens is 3. The number of nitrogens with one attached hydrogen (secondary N) is 1. The minimum Gasteiger partial charge on any atom is -0.392 e. The molecule has 0 bridgehead atoms. The second-order valence-electron chi connectivity index (χ2n) is 6.03. The van der Waals surface area contributed by atoms with Gasteiger partial charge >= 0.3 is 5.56 Å². The highest BCUT2D eigenvalue weighted by molar-refractivity contribution is 5.59. The third kappa shape index (κ3) is 4.17. The van der Waals surface area contributed by atoms with Crippen molar-refractivity contribution in [2.75, 3.05) is 5.32 Å². The fourth-order valence-corrected chi connectivity index (χ4v) is 2.54. The van der Waals surface area contributed by atoms with E-state index in [1.165, 1.54) is 10.6 Å². The number of nitrogens with zero attached hydrogens (tertiary/aromatic N) is 2. The molecule has 0 radical (unpaired) electrons. The molecule has 0 aliphatic rings. The molecular weight excluding hydrogens is 359 g/mol. The van der Waals surface area contributed by atoms with E-state index in [4.69, 9.17) is 0 Å². The largest absolute Gasteiger partial charge is 0.392 e. The van der Waals surface area contributed by atoms with Crippen LogP contribution in [0.25, 0.3) is 0 Å². The van der Waals surface area contributed by atoms with Gasteiger partial charge in [0.05, 0.1) is 13.2 Å². The third-order valence-electron chi connectivity index (χ3n) is 4.02. The molecule has 0 amide bonds. The highest BCUT2D eigenvalue weighted by Gasteiger charge is 2.12. The van der Waals surface area contributed by atoms with Gasteiger partial charge in [-0.15, -0.1) is 0 Å². The molecule has 0 spiro atoms. The molecule has 3 aromatic rings. The lowest BCUT2D eigenvalue weighted by Crippen LogP contribution is -2.20. The van der Waals surface area contributed by atoms with Crippen LogP contribution < -0.4 is 10.9 Å². The molecule has 0 fully saturated rings. The normalized spacial score (nSPS) is 10.9. The Morgan fingerprint density at radius 3 is 2.48 bits per heavy atom. The first kappa shape index (κ1) is 18.7. The van der Waals surface area contributed by atoms with Gasteiger partial charge in [-0.05, 0) is 41.8 Å². The Morgan fingerprint density at radius 1 is 1.04 bits per heavy atom. The topological polar surface area (TPSA) is 67.2 Å². The molecule has 2 aromatic carbocycles. The van der Waals surface area contributed by atoms with Crippen LogP contribution in [0.3, 0.4) is 0 Å². The quantitative estimate of drug-likeness (QED) is 0.718. The molecular formula is C19H16F3N3O2. The van der Waals surface area contributed by atoms with Crippen LogP contribution in [0.4, 0.5) is 24.8 Å². The van der Waals surface area contributed by atoms with Crippen LogP contribution in [0.5, 0.6) is 0 Å². The molecule has 0 unspecified atom stereocenters. The van der Waals surface area contributed by atoms with Gasteiger partial charge in [0, 0.05) is 11.9 Å². The van der Waals surface area contributed by atoms with Crippen molar-refractivity contribution in [1.29, 1.82) is 0 Å². The highest BCUT2D eigenvalue weighted by Crippen LogP contribution is 2.21. The van der Waals surface area contributed by atoms with E-state index < -0.39 is 23.0 Å². The Morgan fingerprint density at radius 2 is 1.78 bits per heavy atom. The maximum absolute atomic E-state index is 13.8. The standard InChI is InChI=1S/C19H16F3N3O2/c1-11-2-3-13(10-26)7-17(11)23-19-24-18(27)16(22)9-25(19)8-12-4-5-14(20)15(21)6-12/h2-7,9,26H,8,10H2,1H3,(H,23,24,27). The summed E-state index contributed by atoms with van der Waals surface area (Å²) in [6, 6.07) is 8.51. The van der Waals surface area contributed by atoms with Crippen LogP contribution in [-0.2, 0) is 13.2 Å². The summed E-state index contributed by atoms with van der Waals surface area (Å²) in [5, 5.41) is 12.2. The first-order valence-corrected chi connectivity index (χ1v) is 8.05. The van der Waals surface area contributed by atoms with E-state index in [0.717, 1.165) is 23.9 Å². The van der Waals surface area contributed by atoms with E-state index in [1.54, 1.807) is 18.2 Å². The van der Waals surface area contributed by atoms with Crippen molar-refractivity contribution in [3.63, 3.8) is 0 Å². The summed E-state index contributed by atoms with van der Waals surface area (Å²) in [4.78, 5) is 15.3. The maximum atomic E-state index is 13.8. The van der Waals surface area contributed by atoms with Gasteiger partial charge in [0.2, 0.25) is 11.8 Å². The van der Waals surface area contributed by atoms with E-state index in [9.17, 15) is 23.1 Å². The number of aryl methyl sites for hydroxylation is 1. The van der Waals surface area contributed by atoms with Gasteiger partial charge in [-0.3, -0.25) is 4.79 Å².